The van der Waals surface area contributed by atoms with Gasteiger partial charge in [-0.3, -0.25) is 9.48 Å². The smallest absolute Gasteiger partial charge is 0.170 e. The minimum absolute atomic E-state index is 0.0782. The van der Waals surface area contributed by atoms with Crippen molar-refractivity contribution in [1.29, 1.82) is 0 Å². The molecule has 0 radical (unpaired) electrons. The van der Waals surface area contributed by atoms with Crippen molar-refractivity contribution in [2.45, 2.75) is 19.8 Å². The number of carbonyl (C=O) groups excluding carboxylic acids is 1. The maximum absolute atomic E-state index is 12.4. The number of ketones is 1. The summed E-state index contributed by atoms with van der Waals surface area (Å²) in [6.45, 7) is 2.00. The van der Waals surface area contributed by atoms with E-state index in [4.69, 9.17) is 4.74 Å². The van der Waals surface area contributed by atoms with Gasteiger partial charge in [0.25, 0.3) is 0 Å². The molecule has 0 aliphatic rings. The first-order chi connectivity index (χ1) is 9.15. The molecular formula is C15H18N2O2. The Balaban J connectivity index is 2.25. The maximum Gasteiger partial charge on any atom is 0.170 e. The van der Waals surface area contributed by atoms with Crippen molar-refractivity contribution in [2.24, 2.45) is 7.05 Å². The SMILES string of the molecule is CCc1nn(C)cc1C(=O)Cc1ccccc1OC. The van der Waals surface area contributed by atoms with Crippen molar-refractivity contribution in [3.05, 3.63) is 47.3 Å². The summed E-state index contributed by atoms with van der Waals surface area (Å²) in [7, 11) is 3.45. The molecule has 0 saturated carbocycles. The third-order valence-corrected chi connectivity index (χ3v) is 3.08. The predicted octanol–water partition coefficient (Wildman–Crippen LogP) is 2.42. The minimum Gasteiger partial charge on any atom is -0.496 e. The Morgan fingerprint density at radius 2 is 2.11 bits per heavy atom. The van der Waals surface area contributed by atoms with Gasteiger partial charge in [-0.25, -0.2) is 0 Å². The lowest BCUT2D eigenvalue weighted by molar-refractivity contribution is 0.0991. The second-order valence-electron chi connectivity index (χ2n) is 4.43. The summed E-state index contributed by atoms with van der Waals surface area (Å²) in [6.07, 6.45) is 2.88. The van der Waals surface area contributed by atoms with Gasteiger partial charge in [-0.05, 0) is 12.5 Å². The normalized spacial score (nSPS) is 10.5. The van der Waals surface area contributed by atoms with E-state index < -0.39 is 0 Å². The summed E-state index contributed by atoms with van der Waals surface area (Å²) in [5.74, 6) is 0.826. The molecule has 0 bridgehead atoms. The predicted molar refractivity (Wildman–Crippen MR) is 73.6 cm³/mol. The Kier molecular flexibility index (Phi) is 4.00. The first-order valence-corrected chi connectivity index (χ1v) is 6.33. The van der Waals surface area contributed by atoms with Crippen LogP contribution >= 0.6 is 0 Å². The van der Waals surface area contributed by atoms with Crippen molar-refractivity contribution in [3.63, 3.8) is 0 Å². The molecule has 0 unspecified atom stereocenters. The number of hydrogen-bond donors (Lipinski definition) is 0. The second-order valence-corrected chi connectivity index (χ2v) is 4.43. The van der Waals surface area contributed by atoms with Gasteiger partial charge in [-0.2, -0.15) is 5.10 Å². The number of Topliss-reactive ketones (excluding diaryl/α,β-unsaturated/α-hetero) is 1. The summed E-state index contributed by atoms with van der Waals surface area (Å²) in [5, 5.41) is 4.30. The molecule has 100 valence electrons. The number of methoxy groups -OCH3 is 1. The van der Waals surface area contributed by atoms with Crippen molar-refractivity contribution < 1.29 is 9.53 Å². The Bertz CT molecular complexity index is 588. The third-order valence-electron chi connectivity index (χ3n) is 3.08. The lowest BCUT2D eigenvalue weighted by Crippen LogP contribution is -2.06. The van der Waals surface area contributed by atoms with E-state index in [9.17, 15) is 4.79 Å². The van der Waals surface area contributed by atoms with Crippen LogP contribution in [0.4, 0.5) is 0 Å². The third kappa shape index (κ3) is 2.84. The van der Waals surface area contributed by atoms with E-state index in [1.807, 2.05) is 38.2 Å². The highest BCUT2D eigenvalue weighted by atomic mass is 16.5. The van der Waals surface area contributed by atoms with Gasteiger partial charge in [0.15, 0.2) is 5.78 Å². The molecule has 0 fully saturated rings. The number of benzene rings is 1. The molecule has 0 N–H and O–H groups in total. The van der Waals surface area contributed by atoms with Gasteiger partial charge in [-0.1, -0.05) is 25.1 Å². The molecular weight excluding hydrogens is 240 g/mol. The van der Waals surface area contributed by atoms with Crippen molar-refractivity contribution in [1.82, 2.24) is 9.78 Å². The van der Waals surface area contributed by atoms with E-state index in [2.05, 4.69) is 5.10 Å². The van der Waals surface area contributed by atoms with Crippen LogP contribution in [0.2, 0.25) is 0 Å². The van der Waals surface area contributed by atoms with Crippen LogP contribution in [0, 0.1) is 0 Å². The van der Waals surface area contributed by atoms with E-state index in [0.717, 1.165) is 23.4 Å². The van der Waals surface area contributed by atoms with Crippen LogP contribution in [-0.4, -0.2) is 22.7 Å². The van der Waals surface area contributed by atoms with Gasteiger partial charge >= 0.3 is 0 Å². The average Bonchev–Trinajstić information content (AvgIpc) is 2.80. The standard InChI is InChI=1S/C15H18N2O2/c1-4-13-12(10-17(2)16-13)14(18)9-11-7-5-6-8-15(11)19-3/h5-8,10H,4,9H2,1-3H3. The van der Waals surface area contributed by atoms with Crippen LogP contribution in [-0.2, 0) is 19.9 Å². The quantitative estimate of drug-likeness (QED) is 0.774. The number of aryl methyl sites for hydroxylation is 2. The number of nitrogens with zero attached hydrogens (tertiary/aromatic N) is 2. The van der Waals surface area contributed by atoms with Crippen LogP contribution in [0.5, 0.6) is 5.75 Å². The van der Waals surface area contributed by atoms with E-state index >= 15 is 0 Å². The molecule has 0 saturated heterocycles. The summed E-state index contributed by atoms with van der Waals surface area (Å²) >= 11 is 0. The van der Waals surface area contributed by atoms with Crippen LogP contribution in [0.1, 0.15) is 28.5 Å². The molecule has 4 heteroatoms. The maximum atomic E-state index is 12.4. The zero-order chi connectivity index (χ0) is 13.8. The number of para-hydroxylation sites is 1. The molecule has 0 atom stereocenters. The number of carbonyl (C=O) groups is 1. The van der Waals surface area contributed by atoms with Crippen molar-refractivity contribution >= 4 is 5.78 Å². The number of ether oxygens (including phenoxy) is 1. The molecule has 2 rings (SSSR count). The fourth-order valence-electron chi connectivity index (χ4n) is 2.15. The highest BCUT2D eigenvalue weighted by Crippen LogP contribution is 2.20. The van der Waals surface area contributed by atoms with Gasteiger partial charge in [0.1, 0.15) is 5.75 Å². The Hall–Kier alpha value is -2.10. The molecule has 1 aromatic carbocycles. The monoisotopic (exact) mass is 258 g/mol. The van der Waals surface area contributed by atoms with Crippen LogP contribution in [0.3, 0.4) is 0 Å². The number of hydrogen-bond acceptors (Lipinski definition) is 3. The summed E-state index contributed by atoms with van der Waals surface area (Å²) in [4.78, 5) is 12.4. The molecule has 0 aliphatic heterocycles. The van der Waals surface area contributed by atoms with Gasteiger partial charge in [0, 0.05) is 25.2 Å². The molecule has 19 heavy (non-hydrogen) atoms. The molecule has 0 aliphatic carbocycles. The van der Waals surface area contributed by atoms with Crippen LogP contribution < -0.4 is 4.74 Å². The van der Waals surface area contributed by atoms with Gasteiger partial charge in [0.05, 0.1) is 18.4 Å². The Morgan fingerprint density at radius 1 is 1.37 bits per heavy atom. The Morgan fingerprint density at radius 3 is 2.79 bits per heavy atom. The Labute approximate surface area is 113 Å². The van der Waals surface area contributed by atoms with Gasteiger partial charge in [-0.15, -0.1) is 0 Å². The minimum atomic E-state index is 0.0782. The molecule has 4 nitrogen and oxygen atoms in total. The molecule has 0 spiro atoms. The zero-order valence-corrected chi connectivity index (χ0v) is 11.5. The van der Waals surface area contributed by atoms with Crippen molar-refractivity contribution in [2.75, 3.05) is 7.11 Å². The van der Waals surface area contributed by atoms with E-state index in [0.29, 0.717) is 12.0 Å². The highest BCUT2D eigenvalue weighted by molar-refractivity contribution is 5.98. The molecule has 1 heterocycles. The lowest BCUT2D eigenvalue weighted by atomic mass is 10.0. The summed E-state index contributed by atoms with van der Waals surface area (Å²) in [6, 6.07) is 7.59. The second kappa shape index (κ2) is 5.69. The summed E-state index contributed by atoms with van der Waals surface area (Å²) < 4.78 is 6.96. The fraction of sp³-hybridized carbons (Fsp3) is 0.333. The fourth-order valence-corrected chi connectivity index (χ4v) is 2.15. The largest absolute Gasteiger partial charge is 0.496 e. The van der Waals surface area contributed by atoms with Crippen LogP contribution in [0.25, 0.3) is 0 Å². The molecule has 2 aromatic rings. The lowest BCUT2D eigenvalue weighted by Gasteiger charge is -2.07. The summed E-state index contributed by atoms with van der Waals surface area (Å²) in [5.41, 5.74) is 2.46. The first-order valence-electron chi connectivity index (χ1n) is 6.33. The molecule has 0 amide bonds. The number of aromatic nitrogens is 2. The van der Waals surface area contributed by atoms with E-state index in [-0.39, 0.29) is 5.78 Å². The van der Waals surface area contributed by atoms with Crippen LogP contribution in [0.15, 0.2) is 30.5 Å². The first kappa shape index (κ1) is 13.3. The van der Waals surface area contributed by atoms with Gasteiger partial charge in [0.2, 0.25) is 0 Å². The van der Waals surface area contributed by atoms with Crippen molar-refractivity contribution in [3.8, 4) is 5.75 Å². The molecule has 1 aromatic heterocycles. The highest BCUT2D eigenvalue weighted by Gasteiger charge is 2.16. The zero-order valence-electron chi connectivity index (χ0n) is 11.5. The number of rotatable bonds is 5. The van der Waals surface area contributed by atoms with E-state index in [1.54, 1.807) is 18.0 Å². The van der Waals surface area contributed by atoms with Gasteiger partial charge < -0.3 is 4.74 Å². The topological polar surface area (TPSA) is 44.1 Å². The average molecular weight is 258 g/mol. The van der Waals surface area contributed by atoms with E-state index in [1.165, 1.54) is 0 Å².